The van der Waals surface area contributed by atoms with Gasteiger partial charge in [-0.1, -0.05) is 24.8 Å². The van der Waals surface area contributed by atoms with Gasteiger partial charge in [0.2, 0.25) is 0 Å². The highest BCUT2D eigenvalue weighted by atomic mass is 35.5. The fourth-order valence-electron chi connectivity index (χ4n) is 0.191. The van der Waals surface area contributed by atoms with Crippen LogP contribution >= 0.6 is 11.6 Å². The lowest BCUT2D eigenvalue weighted by atomic mass is 10.5. The van der Waals surface area contributed by atoms with Crippen molar-refractivity contribution >= 4 is 11.6 Å². The van der Waals surface area contributed by atoms with E-state index in [-0.39, 0.29) is 6.73 Å². The van der Waals surface area contributed by atoms with E-state index in [1.54, 1.807) is 0 Å². The molecule has 0 aromatic heterocycles. The lowest BCUT2D eigenvalue weighted by Gasteiger charge is -2.01. The Labute approximate surface area is 53.5 Å². The summed E-state index contributed by atoms with van der Waals surface area (Å²) >= 11 is 5.34. The van der Waals surface area contributed by atoms with Crippen LogP contribution in [0.5, 0.6) is 0 Å². The fourth-order valence-corrected chi connectivity index (χ4v) is 0.258. The molecule has 0 fully saturated rings. The average molecular weight is 134 g/mol. The Morgan fingerprint density at radius 2 is 2.12 bits per heavy atom. The van der Waals surface area contributed by atoms with Crippen LogP contribution in [0.1, 0.15) is 0 Å². The zero-order chi connectivity index (χ0) is 6.57. The summed E-state index contributed by atoms with van der Waals surface area (Å²) in [7, 11) is 0. The standard InChI is InChI=1S/C5H8ClNO/c1-4(6)5(2)7-3-8/h7-8H,1-3H2. The SMILES string of the molecule is C=C(Cl)C(=C)NCO. The topological polar surface area (TPSA) is 32.3 Å². The largest absolute Gasteiger partial charge is 0.377 e. The molecule has 0 amide bonds. The number of nitrogens with one attached hydrogen (secondary N) is 1. The van der Waals surface area contributed by atoms with Crippen LogP contribution in [0.25, 0.3) is 0 Å². The molecule has 0 spiro atoms. The highest BCUT2D eigenvalue weighted by molar-refractivity contribution is 6.31. The summed E-state index contributed by atoms with van der Waals surface area (Å²) in [4.78, 5) is 0. The molecule has 2 nitrogen and oxygen atoms in total. The summed E-state index contributed by atoms with van der Waals surface area (Å²) in [5.74, 6) is 0. The van der Waals surface area contributed by atoms with Crippen LogP contribution in [-0.4, -0.2) is 11.8 Å². The summed E-state index contributed by atoms with van der Waals surface area (Å²) < 4.78 is 0. The first-order valence-corrected chi connectivity index (χ1v) is 2.44. The van der Waals surface area contributed by atoms with Gasteiger partial charge in [-0.05, 0) is 0 Å². The van der Waals surface area contributed by atoms with E-state index in [4.69, 9.17) is 16.7 Å². The van der Waals surface area contributed by atoms with E-state index in [1.165, 1.54) is 0 Å². The molecule has 46 valence electrons. The van der Waals surface area contributed by atoms with Gasteiger partial charge in [0.25, 0.3) is 0 Å². The molecule has 0 aromatic carbocycles. The summed E-state index contributed by atoms with van der Waals surface area (Å²) in [6, 6.07) is 0. The molecule has 0 aliphatic heterocycles. The maximum atomic E-state index is 8.21. The molecular weight excluding hydrogens is 126 g/mol. The van der Waals surface area contributed by atoms with Crippen molar-refractivity contribution in [3.63, 3.8) is 0 Å². The predicted octanol–water partition coefficient (Wildman–Crippen LogP) is 0.792. The summed E-state index contributed by atoms with van der Waals surface area (Å²) in [5.41, 5.74) is 0.453. The quantitative estimate of drug-likeness (QED) is 0.441. The van der Waals surface area contributed by atoms with Crippen LogP contribution in [0.2, 0.25) is 0 Å². The van der Waals surface area contributed by atoms with Crippen LogP contribution in [0.4, 0.5) is 0 Å². The molecule has 3 heteroatoms. The van der Waals surface area contributed by atoms with Gasteiger partial charge in [0, 0.05) is 5.70 Å². The second-order valence-corrected chi connectivity index (χ2v) is 1.67. The Kier molecular flexibility index (Phi) is 3.31. The Hall–Kier alpha value is -0.470. The van der Waals surface area contributed by atoms with Crippen LogP contribution in [0.15, 0.2) is 23.9 Å². The molecule has 0 heterocycles. The van der Waals surface area contributed by atoms with Crippen LogP contribution in [-0.2, 0) is 0 Å². The number of hydrogen-bond donors (Lipinski definition) is 2. The molecule has 8 heavy (non-hydrogen) atoms. The highest BCUT2D eigenvalue weighted by Crippen LogP contribution is 2.04. The molecule has 0 rings (SSSR count). The maximum Gasteiger partial charge on any atom is 0.113 e. The third-order valence-electron chi connectivity index (χ3n) is 0.620. The van der Waals surface area contributed by atoms with Crippen LogP contribution < -0.4 is 5.32 Å². The molecule has 0 aromatic rings. The molecule has 0 atom stereocenters. The second kappa shape index (κ2) is 3.52. The molecule has 0 aliphatic carbocycles. The van der Waals surface area contributed by atoms with Crippen molar-refractivity contribution in [2.24, 2.45) is 0 Å². The Bertz CT molecular complexity index is 111. The first-order chi connectivity index (χ1) is 3.68. The molecule has 0 saturated carbocycles. The fraction of sp³-hybridized carbons (Fsp3) is 0.200. The number of aliphatic hydroxyl groups is 1. The van der Waals surface area contributed by atoms with Crippen LogP contribution in [0.3, 0.4) is 0 Å². The third-order valence-corrected chi connectivity index (χ3v) is 0.848. The summed E-state index contributed by atoms with van der Waals surface area (Å²) in [6.45, 7) is 6.65. The Morgan fingerprint density at radius 1 is 1.62 bits per heavy atom. The van der Waals surface area contributed by atoms with Crippen molar-refractivity contribution in [2.75, 3.05) is 6.73 Å². The monoisotopic (exact) mass is 133 g/mol. The number of allylic oxidation sites excluding steroid dienone is 1. The predicted molar refractivity (Wildman–Crippen MR) is 34.4 cm³/mol. The minimum absolute atomic E-state index is 0.162. The van der Waals surface area contributed by atoms with E-state index in [9.17, 15) is 0 Å². The molecule has 0 bridgehead atoms. The summed E-state index contributed by atoms with van der Waals surface area (Å²) in [6.07, 6.45) is 0. The van der Waals surface area contributed by atoms with Gasteiger partial charge in [-0.25, -0.2) is 0 Å². The minimum atomic E-state index is -0.162. The number of hydrogen-bond acceptors (Lipinski definition) is 2. The molecular formula is C5H8ClNO. The van der Waals surface area contributed by atoms with E-state index in [0.29, 0.717) is 10.7 Å². The lowest BCUT2D eigenvalue weighted by Crippen LogP contribution is -2.12. The van der Waals surface area contributed by atoms with Gasteiger partial charge in [0.1, 0.15) is 6.73 Å². The maximum absolute atomic E-state index is 8.21. The molecule has 0 saturated heterocycles. The normalized spacial score (nSPS) is 8.25. The van der Waals surface area contributed by atoms with E-state index in [0.717, 1.165) is 0 Å². The summed E-state index contributed by atoms with van der Waals surface area (Å²) in [5, 5.41) is 11.0. The van der Waals surface area contributed by atoms with Crippen molar-refractivity contribution < 1.29 is 5.11 Å². The smallest absolute Gasteiger partial charge is 0.113 e. The van der Waals surface area contributed by atoms with E-state index < -0.39 is 0 Å². The molecule has 2 N–H and O–H groups in total. The van der Waals surface area contributed by atoms with Crippen molar-refractivity contribution in [1.29, 1.82) is 0 Å². The third kappa shape index (κ3) is 2.66. The van der Waals surface area contributed by atoms with Gasteiger partial charge in [-0.3, -0.25) is 0 Å². The highest BCUT2D eigenvalue weighted by Gasteiger charge is 1.90. The van der Waals surface area contributed by atoms with Gasteiger partial charge in [-0.2, -0.15) is 0 Å². The first-order valence-electron chi connectivity index (χ1n) is 2.07. The zero-order valence-electron chi connectivity index (χ0n) is 4.45. The van der Waals surface area contributed by atoms with Crippen molar-refractivity contribution in [1.82, 2.24) is 5.32 Å². The van der Waals surface area contributed by atoms with E-state index >= 15 is 0 Å². The van der Waals surface area contributed by atoms with Gasteiger partial charge < -0.3 is 10.4 Å². The van der Waals surface area contributed by atoms with Gasteiger partial charge in [0.15, 0.2) is 0 Å². The average Bonchev–Trinajstić information content (AvgIpc) is 1.67. The van der Waals surface area contributed by atoms with Crippen molar-refractivity contribution in [3.05, 3.63) is 23.9 Å². The van der Waals surface area contributed by atoms with E-state index in [2.05, 4.69) is 18.5 Å². The molecule has 0 radical (unpaired) electrons. The number of halogens is 1. The minimum Gasteiger partial charge on any atom is -0.377 e. The number of aliphatic hydroxyl groups excluding tert-OH is 1. The second-order valence-electron chi connectivity index (χ2n) is 1.22. The molecule has 0 aliphatic rings. The van der Waals surface area contributed by atoms with Gasteiger partial charge in [-0.15, -0.1) is 0 Å². The first kappa shape index (κ1) is 7.53. The van der Waals surface area contributed by atoms with Crippen LogP contribution in [0, 0.1) is 0 Å². The van der Waals surface area contributed by atoms with Crippen molar-refractivity contribution in [2.45, 2.75) is 0 Å². The van der Waals surface area contributed by atoms with Gasteiger partial charge in [0.05, 0.1) is 5.03 Å². The van der Waals surface area contributed by atoms with Crippen molar-refractivity contribution in [3.8, 4) is 0 Å². The van der Waals surface area contributed by atoms with Gasteiger partial charge >= 0.3 is 0 Å². The Balaban J connectivity index is 3.49. The Morgan fingerprint density at radius 3 is 2.25 bits per heavy atom. The zero-order valence-corrected chi connectivity index (χ0v) is 5.20. The van der Waals surface area contributed by atoms with E-state index in [1.807, 2.05) is 0 Å². The molecule has 0 unspecified atom stereocenters. The lowest BCUT2D eigenvalue weighted by molar-refractivity contribution is 0.276. The number of rotatable bonds is 3.